The number of ether oxygens (including phenoxy) is 2. The van der Waals surface area contributed by atoms with E-state index in [4.69, 9.17) is 9.47 Å². The Bertz CT molecular complexity index is 924. The van der Waals surface area contributed by atoms with Gasteiger partial charge in [0.25, 0.3) is 0 Å². The summed E-state index contributed by atoms with van der Waals surface area (Å²) in [7, 11) is 0. The van der Waals surface area contributed by atoms with Crippen molar-refractivity contribution >= 4 is 17.8 Å². The normalized spacial score (nSPS) is 22.8. The largest absolute Gasteiger partial charge is 0.506 e. The molecule has 0 radical (unpaired) electrons. The molecule has 0 unspecified atom stereocenters. The molecule has 6 heteroatoms. The maximum Gasteiger partial charge on any atom is 0.303 e. The summed E-state index contributed by atoms with van der Waals surface area (Å²) in [6.45, 7) is 9.34. The predicted octanol–water partition coefficient (Wildman–Crippen LogP) is 5.09. The van der Waals surface area contributed by atoms with E-state index in [1.54, 1.807) is 19.9 Å². The number of phenols is 1. The number of rotatable bonds is 6. The monoisotopic (exact) mass is 414 g/mol. The smallest absolute Gasteiger partial charge is 0.303 e. The molecular weight excluding hydrogens is 384 g/mol. The van der Waals surface area contributed by atoms with Gasteiger partial charge in [-0.2, -0.15) is 0 Å². The van der Waals surface area contributed by atoms with E-state index in [1.165, 1.54) is 0 Å². The van der Waals surface area contributed by atoms with Crippen molar-refractivity contribution in [2.45, 2.75) is 71.5 Å². The Morgan fingerprint density at radius 2 is 1.97 bits per heavy atom. The summed E-state index contributed by atoms with van der Waals surface area (Å²) >= 11 is 0. The fourth-order valence-corrected chi connectivity index (χ4v) is 3.97. The third-order valence-electron chi connectivity index (χ3n) is 5.79. The Balaban J connectivity index is 2.31. The highest BCUT2D eigenvalue weighted by Gasteiger charge is 2.41. The first kappa shape index (κ1) is 21.9. The van der Waals surface area contributed by atoms with E-state index in [1.807, 2.05) is 39.0 Å². The van der Waals surface area contributed by atoms with Crippen molar-refractivity contribution in [1.82, 2.24) is 0 Å². The second-order valence-electron chi connectivity index (χ2n) is 8.63. The van der Waals surface area contributed by atoms with Crippen molar-refractivity contribution < 1.29 is 29.3 Å². The molecule has 162 valence electrons. The van der Waals surface area contributed by atoms with Gasteiger partial charge in [0.1, 0.15) is 34.5 Å². The molecule has 2 N–H and O–H groups in total. The lowest BCUT2D eigenvalue weighted by Gasteiger charge is -2.37. The van der Waals surface area contributed by atoms with Crippen LogP contribution in [0.3, 0.4) is 0 Å². The summed E-state index contributed by atoms with van der Waals surface area (Å²) < 4.78 is 12.3. The number of ketones is 1. The zero-order valence-electron chi connectivity index (χ0n) is 18.2. The molecule has 2 aliphatic rings. The van der Waals surface area contributed by atoms with Crippen LogP contribution in [-0.2, 0) is 4.79 Å². The number of carbonyl (C=O) groups excluding carboxylic acids is 1. The van der Waals surface area contributed by atoms with Crippen LogP contribution in [0.1, 0.15) is 81.3 Å². The van der Waals surface area contributed by atoms with Gasteiger partial charge in [0, 0.05) is 11.5 Å². The first-order valence-corrected chi connectivity index (χ1v) is 10.5. The van der Waals surface area contributed by atoms with Crippen molar-refractivity contribution in [3.05, 3.63) is 34.9 Å². The quantitative estimate of drug-likeness (QED) is 0.630. The Hall–Kier alpha value is -2.76. The molecule has 0 aromatic heterocycles. The Kier molecular flexibility index (Phi) is 5.97. The van der Waals surface area contributed by atoms with Crippen LogP contribution in [0.25, 0.3) is 6.08 Å². The van der Waals surface area contributed by atoms with Crippen molar-refractivity contribution in [3.63, 3.8) is 0 Å². The number of carbonyl (C=O) groups is 2. The number of Topliss-reactive ketones (excluding diaryl/α,β-unsaturated/α-hetero) is 1. The van der Waals surface area contributed by atoms with Crippen LogP contribution in [0.15, 0.2) is 18.2 Å². The van der Waals surface area contributed by atoms with Crippen LogP contribution < -0.4 is 9.47 Å². The molecule has 0 saturated heterocycles. The van der Waals surface area contributed by atoms with Gasteiger partial charge in [-0.05, 0) is 45.8 Å². The molecule has 2 heterocycles. The molecule has 0 spiro atoms. The number of phenolic OH excluding ortho intramolecular Hbond substituents is 1. The second kappa shape index (κ2) is 8.17. The average Bonchev–Trinajstić information content (AvgIpc) is 2.64. The molecule has 2 aliphatic heterocycles. The number of aromatic hydroxyl groups is 1. The van der Waals surface area contributed by atoms with E-state index in [-0.39, 0.29) is 29.3 Å². The third kappa shape index (κ3) is 3.95. The zero-order valence-corrected chi connectivity index (χ0v) is 18.2. The Morgan fingerprint density at radius 3 is 2.60 bits per heavy atom. The highest BCUT2D eigenvalue weighted by atomic mass is 16.5. The van der Waals surface area contributed by atoms with Gasteiger partial charge in [-0.25, -0.2) is 0 Å². The summed E-state index contributed by atoms with van der Waals surface area (Å²) in [6.07, 6.45) is 8.23. The molecule has 3 rings (SSSR count). The zero-order chi connectivity index (χ0) is 22.2. The van der Waals surface area contributed by atoms with Gasteiger partial charge in [-0.15, -0.1) is 0 Å². The van der Waals surface area contributed by atoms with Gasteiger partial charge >= 0.3 is 5.97 Å². The third-order valence-corrected chi connectivity index (χ3v) is 5.79. The Labute approximate surface area is 177 Å². The Morgan fingerprint density at radius 1 is 1.27 bits per heavy atom. The van der Waals surface area contributed by atoms with E-state index < -0.39 is 29.5 Å². The fraction of sp³-hybridized carbons (Fsp3) is 0.500. The molecular formula is C24H30O6. The van der Waals surface area contributed by atoms with Crippen LogP contribution in [0.5, 0.6) is 17.2 Å². The predicted molar refractivity (Wildman–Crippen MR) is 114 cm³/mol. The number of hydrogen-bond acceptors (Lipinski definition) is 5. The summed E-state index contributed by atoms with van der Waals surface area (Å²) in [5.74, 6) is -1.57. The highest BCUT2D eigenvalue weighted by Crippen LogP contribution is 2.53. The summed E-state index contributed by atoms with van der Waals surface area (Å²) in [5, 5.41) is 20.5. The molecule has 1 aromatic rings. The van der Waals surface area contributed by atoms with Crippen molar-refractivity contribution in [3.8, 4) is 17.2 Å². The first-order chi connectivity index (χ1) is 14.1. The van der Waals surface area contributed by atoms with E-state index in [0.717, 1.165) is 6.42 Å². The van der Waals surface area contributed by atoms with Gasteiger partial charge in [0.2, 0.25) is 0 Å². The minimum atomic E-state index is -0.949. The molecule has 0 saturated carbocycles. The molecule has 6 nitrogen and oxygen atoms in total. The van der Waals surface area contributed by atoms with Crippen LogP contribution in [-0.4, -0.2) is 33.7 Å². The summed E-state index contributed by atoms with van der Waals surface area (Å²) in [6, 6.07) is 0. The number of carboxylic acids is 1. The van der Waals surface area contributed by atoms with Crippen LogP contribution >= 0.6 is 0 Å². The number of fused-ring (bicyclic) bond motifs is 2. The molecule has 0 amide bonds. The van der Waals surface area contributed by atoms with Gasteiger partial charge in [0.05, 0.1) is 17.9 Å². The average molecular weight is 414 g/mol. The lowest BCUT2D eigenvalue weighted by atomic mass is 9.81. The van der Waals surface area contributed by atoms with Crippen LogP contribution in [0.4, 0.5) is 0 Å². The van der Waals surface area contributed by atoms with Gasteiger partial charge in [-0.3, -0.25) is 9.59 Å². The molecule has 1 aromatic carbocycles. The van der Waals surface area contributed by atoms with Gasteiger partial charge in [-0.1, -0.05) is 26.0 Å². The lowest BCUT2D eigenvalue weighted by Crippen LogP contribution is -2.36. The summed E-state index contributed by atoms with van der Waals surface area (Å²) in [5.41, 5.74) is 0.423. The fourth-order valence-electron chi connectivity index (χ4n) is 3.97. The van der Waals surface area contributed by atoms with E-state index in [2.05, 4.69) is 0 Å². The van der Waals surface area contributed by atoms with Crippen LogP contribution in [0.2, 0.25) is 0 Å². The number of aliphatic carboxylic acids is 1. The van der Waals surface area contributed by atoms with Crippen LogP contribution in [0, 0.1) is 5.92 Å². The number of hydrogen-bond donors (Lipinski definition) is 2. The van der Waals surface area contributed by atoms with E-state index in [0.29, 0.717) is 23.3 Å². The van der Waals surface area contributed by atoms with Gasteiger partial charge in [0.15, 0.2) is 5.78 Å². The number of carboxylic acid groups (broad SMARTS) is 1. The minimum absolute atomic E-state index is 0.122. The van der Waals surface area contributed by atoms with E-state index >= 15 is 0 Å². The minimum Gasteiger partial charge on any atom is -0.506 e. The van der Waals surface area contributed by atoms with Gasteiger partial charge < -0.3 is 19.7 Å². The van der Waals surface area contributed by atoms with Crippen molar-refractivity contribution in [2.75, 3.05) is 0 Å². The SMILES string of the molecule is CC/C=C\C[C@H](CC(=O)O)c1c2c(c(O)c3c1O[C@@H](C)[C@H](C)C3=O)C=CC(C)(C)O2. The molecule has 3 atom stereocenters. The highest BCUT2D eigenvalue weighted by molar-refractivity contribution is 6.06. The maximum absolute atomic E-state index is 13.1. The molecule has 30 heavy (non-hydrogen) atoms. The molecule has 0 bridgehead atoms. The molecule has 0 fully saturated rings. The van der Waals surface area contributed by atoms with Crippen molar-refractivity contribution in [2.24, 2.45) is 5.92 Å². The second-order valence-corrected chi connectivity index (χ2v) is 8.63. The first-order valence-electron chi connectivity index (χ1n) is 10.5. The maximum atomic E-state index is 13.1. The summed E-state index contributed by atoms with van der Waals surface area (Å²) in [4.78, 5) is 24.8. The number of allylic oxidation sites excluding steroid dienone is 2. The lowest BCUT2D eigenvalue weighted by molar-refractivity contribution is -0.137. The van der Waals surface area contributed by atoms with E-state index in [9.17, 15) is 19.8 Å². The topological polar surface area (TPSA) is 93.1 Å². The molecule has 0 aliphatic carbocycles. The standard InChI is InChI=1S/C24H30O6/c1-6-7-8-9-15(12-17(25)26)18-22-16(10-11-24(4,5)30-22)21(28)19-20(27)13(2)14(3)29-23(18)19/h7-8,10-11,13-15,28H,6,9,12H2,1-5H3,(H,25,26)/b8-7-/t13-,14-,15+/m0/s1. The number of benzene rings is 1. The van der Waals surface area contributed by atoms with Crippen molar-refractivity contribution in [1.29, 1.82) is 0 Å².